The van der Waals surface area contributed by atoms with Crippen molar-refractivity contribution in [1.29, 1.82) is 0 Å². The van der Waals surface area contributed by atoms with Gasteiger partial charge in [-0.25, -0.2) is 0 Å². The summed E-state index contributed by atoms with van der Waals surface area (Å²) >= 11 is 0. The second-order valence-corrected chi connectivity index (χ2v) is 6.94. The Hall–Kier alpha value is -2.86. The largest absolute Gasteiger partial charge is 0.0683 e. The van der Waals surface area contributed by atoms with E-state index in [1.165, 1.54) is 44.2 Å². The van der Waals surface area contributed by atoms with Gasteiger partial charge in [0.25, 0.3) is 0 Å². The zero-order valence-corrected chi connectivity index (χ0v) is 17.3. The van der Waals surface area contributed by atoms with Gasteiger partial charge < -0.3 is 0 Å². The van der Waals surface area contributed by atoms with Crippen LogP contribution in [0.2, 0.25) is 0 Å². The van der Waals surface area contributed by atoms with Gasteiger partial charge in [-0.2, -0.15) is 0 Å². The minimum absolute atomic E-state index is 1.07. The zero-order chi connectivity index (χ0) is 19.7. The lowest BCUT2D eigenvalue weighted by Gasteiger charge is -2.07. The van der Waals surface area contributed by atoms with Crippen molar-refractivity contribution in [2.24, 2.45) is 0 Å². The Bertz CT molecular complexity index is 1150. The van der Waals surface area contributed by atoms with E-state index in [2.05, 4.69) is 72.8 Å². The number of hydrogen-bond donors (Lipinski definition) is 0. The molecule has 0 atom stereocenters. The molecule has 0 heteroatoms. The lowest BCUT2D eigenvalue weighted by atomic mass is 9.96. The monoisotopic (exact) mass is 364 g/mol. The molecule has 0 amide bonds. The van der Waals surface area contributed by atoms with Gasteiger partial charge in [-0.1, -0.05) is 100 Å². The third kappa shape index (κ3) is 2.67. The minimum atomic E-state index is 1.07. The summed E-state index contributed by atoms with van der Waals surface area (Å²) in [5.74, 6) is 0. The van der Waals surface area contributed by atoms with Gasteiger partial charge in [-0.3, -0.25) is 0 Å². The predicted octanol–water partition coefficient (Wildman–Crippen LogP) is 8.03. The zero-order valence-electron chi connectivity index (χ0n) is 17.3. The minimum Gasteiger partial charge on any atom is -0.0683 e. The van der Waals surface area contributed by atoms with E-state index in [0.717, 1.165) is 12.8 Å². The van der Waals surface area contributed by atoms with Crippen LogP contribution in [-0.2, 0) is 12.8 Å². The molecule has 0 bridgehead atoms. The van der Waals surface area contributed by atoms with Gasteiger partial charge in [0.05, 0.1) is 0 Å². The molecule has 2 aliphatic carbocycles. The van der Waals surface area contributed by atoms with Gasteiger partial charge in [0.2, 0.25) is 0 Å². The van der Waals surface area contributed by atoms with Crippen molar-refractivity contribution in [2.45, 2.75) is 40.5 Å². The highest BCUT2D eigenvalue weighted by molar-refractivity contribution is 5.96. The Labute approximate surface area is 168 Å². The molecule has 0 spiro atoms. The molecule has 0 aliphatic heterocycles. The van der Waals surface area contributed by atoms with Crippen LogP contribution in [-0.4, -0.2) is 0 Å². The van der Waals surface area contributed by atoms with Crippen molar-refractivity contribution in [3.05, 3.63) is 95.1 Å². The first kappa shape index (κ1) is 18.5. The molecule has 140 valence electrons. The second kappa shape index (κ2) is 7.64. The highest BCUT2D eigenvalue weighted by Crippen LogP contribution is 2.47. The summed E-state index contributed by atoms with van der Waals surface area (Å²) in [5, 5.41) is 2.76. The van der Waals surface area contributed by atoms with Crippen LogP contribution in [0.3, 0.4) is 0 Å². The molecule has 0 fully saturated rings. The van der Waals surface area contributed by atoms with E-state index in [-0.39, 0.29) is 0 Å². The molecule has 28 heavy (non-hydrogen) atoms. The van der Waals surface area contributed by atoms with Gasteiger partial charge in [0.15, 0.2) is 0 Å². The van der Waals surface area contributed by atoms with Crippen molar-refractivity contribution >= 4 is 10.8 Å². The Morgan fingerprint density at radius 3 is 1.86 bits per heavy atom. The van der Waals surface area contributed by atoms with Crippen molar-refractivity contribution in [3.8, 4) is 22.3 Å². The van der Waals surface area contributed by atoms with Gasteiger partial charge in [-0.05, 0) is 68.1 Å². The third-order valence-electron chi connectivity index (χ3n) is 5.79. The molecule has 0 nitrogen and oxygen atoms in total. The van der Waals surface area contributed by atoms with Gasteiger partial charge in [-0.15, -0.1) is 0 Å². The normalized spacial score (nSPS) is 12.0. The maximum absolute atomic E-state index is 2.34. The van der Waals surface area contributed by atoms with Crippen molar-refractivity contribution in [3.63, 3.8) is 0 Å². The van der Waals surface area contributed by atoms with Crippen molar-refractivity contribution in [2.75, 3.05) is 0 Å². The summed E-state index contributed by atoms with van der Waals surface area (Å²) in [7, 11) is 0. The average molecular weight is 365 g/mol. The van der Waals surface area contributed by atoms with E-state index >= 15 is 0 Å². The molecule has 6 rings (SSSR count). The van der Waals surface area contributed by atoms with Crippen LogP contribution in [0, 0.1) is 0 Å². The molecule has 0 unspecified atom stereocenters. The van der Waals surface area contributed by atoms with E-state index in [1.54, 1.807) is 11.1 Å². The van der Waals surface area contributed by atoms with E-state index in [9.17, 15) is 0 Å². The van der Waals surface area contributed by atoms with Gasteiger partial charge >= 0.3 is 0 Å². The molecule has 0 aromatic heterocycles. The molecular weight excluding hydrogens is 336 g/mol. The summed E-state index contributed by atoms with van der Waals surface area (Å²) in [6.45, 7) is 8.00. The van der Waals surface area contributed by atoms with Crippen LogP contribution in [0.5, 0.6) is 0 Å². The molecule has 2 aliphatic rings. The first-order valence-electron chi connectivity index (χ1n) is 10.6. The summed E-state index contributed by atoms with van der Waals surface area (Å²) < 4.78 is 0. The second-order valence-electron chi connectivity index (χ2n) is 6.94. The quantitative estimate of drug-likeness (QED) is 0.256. The van der Waals surface area contributed by atoms with Crippen molar-refractivity contribution < 1.29 is 0 Å². The van der Waals surface area contributed by atoms with Crippen molar-refractivity contribution in [1.82, 2.24) is 0 Å². The maximum atomic E-state index is 2.34. The predicted molar refractivity (Wildman–Crippen MR) is 123 cm³/mol. The Kier molecular flexibility index (Phi) is 5.05. The third-order valence-corrected chi connectivity index (χ3v) is 5.79. The Morgan fingerprint density at radius 2 is 1.04 bits per heavy atom. The summed E-state index contributed by atoms with van der Waals surface area (Å²) in [6, 6.07) is 26.9. The highest BCUT2D eigenvalue weighted by atomic mass is 14.3. The first-order chi connectivity index (χ1) is 13.9. The fourth-order valence-electron chi connectivity index (χ4n) is 4.68. The van der Waals surface area contributed by atoms with Crippen LogP contribution in [0.4, 0.5) is 0 Å². The topological polar surface area (TPSA) is 0 Å². The standard InChI is InChI=1S/C24H16.2C2H6/c1-3-7-17-15(5-1)9-10-20-21-12-11-19-18-8-4-2-6-16(18)13-22(19)24(21)14-23(17)20;2*1-2/h1-12H,13-14H2;2*1-2H3. The summed E-state index contributed by atoms with van der Waals surface area (Å²) in [4.78, 5) is 0. The fourth-order valence-corrected chi connectivity index (χ4v) is 4.68. The molecule has 0 saturated carbocycles. The highest BCUT2D eigenvalue weighted by Gasteiger charge is 2.28. The number of benzene rings is 4. The van der Waals surface area contributed by atoms with Crippen LogP contribution < -0.4 is 0 Å². The van der Waals surface area contributed by atoms with E-state index < -0.39 is 0 Å². The fraction of sp³-hybridized carbons (Fsp3) is 0.214. The van der Waals surface area contributed by atoms with Crippen LogP contribution in [0.25, 0.3) is 33.0 Å². The van der Waals surface area contributed by atoms with E-state index in [4.69, 9.17) is 0 Å². The SMILES string of the molecule is CC.CC.c1ccc2c(c1)Cc1c-2ccc2c1Cc1c-2ccc2ccccc12. The number of hydrogen-bond acceptors (Lipinski definition) is 0. The summed E-state index contributed by atoms with van der Waals surface area (Å²) in [5.41, 5.74) is 11.8. The van der Waals surface area contributed by atoms with Crippen LogP contribution in [0.15, 0.2) is 72.8 Å². The maximum Gasteiger partial charge on any atom is -0.000421 e. The molecule has 0 heterocycles. The lowest BCUT2D eigenvalue weighted by molar-refractivity contribution is 1.17. The van der Waals surface area contributed by atoms with E-state index in [0.29, 0.717) is 0 Å². The Balaban J connectivity index is 0.000000454. The molecule has 0 saturated heterocycles. The first-order valence-corrected chi connectivity index (χ1v) is 10.6. The molecule has 4 aromatic carbocycles. The van der Waals surface area contributed by atoms with Gasteiger partial charge in [0, 0.05) is 0 Å². The average Bonchev–Trinajstić information content (AvgIpc) is 3.35. The molecular formula is C28H28. The van der Waals surface area contributed by atoms with Gasteiger partial charge in [0.1, 0.15) is 0 Å². The number of rotatable bonds is 0. The van der Waals surface area contributed by atoms with Crippen LogP contribution in [0.1, 0.15) is 49.9 Å². The molecule has 0 radical (unpaired) electrons. The summed E-state index contributed by atoms with van der Waals surface area (Å²) in [6.07, 6.45) is 2.16. The molecule has 4 aromatic rings. The lowest BCUT2D eigenvalue weighted by Crippen LogP contribution is -1.91. The van der Waals surface area contributed by atoms with E-state index in [1.807, 2.05) is 27.7 Å². The Morgan fingerprint density at radius 1 is 0.464 bits per heavy atom. The molecule has 0 N–H and O–H groups in total. The van der Waals surface area contributed by atoms with Crippen LogP contribution >= 0.6 is 0 Å². The smallest absolute Gasteiger partial charge is 0.000421 e. The number of fused-ring (bicyclic) bond motifs is 9.